The van der Waals surface area contributed by atoms with Crippen molar-refractivity contribution in [3.63, 3.8) is 0 Å². The zero-order valence-electron chi connectivity index (χ0n) is 10.00. The summed E-state index contributed by atoms with van der Waals surface area (Å²) in [5.41, 5.74) is 4.55. The van der Waals surface area contributed by atoms with Crippen LogP contribution in [0.15, 0.2) is 17.5 Å². The molecule has 0 bridgehead atoms. The van der Waals surface area contributed by atoms with Gasteiger partial charge in [-0.25, -0.2) is 4.98 Å². The largest absolute Gasteiger partial charge is 0.496 e. The normalized spacial score (nSPS) is 10.5. The third kappa shape index (κ3) is 1.95. The molecule has 2 rings (SSSR count). The molecule has 2 aromatic rings. The van der Waals surface area contributed by atoms with Gasteiger partial charge in [-0.1, -0.05) is 6.07 Å². The molecule has 0 N–H and O–H groups in total. The number of ether oxygens (including phenoxy) is 1. The van der Waals surface area contributed by atoms with Crippen LogP contribution in [0, 0.1) is 20.8 Å². The standard InChI is InChI=1S/C13H15NOS/c1-8-5-9(2)12(15-4)11(6-8)13-14-10(3)7-16-13/h5-7H,1-4H3. The average molecular weight is 233 g/mol. The zero-order chi connectivity index (χ0) is 11.7. The van der Waals surface area contributed by atoms with Crippen LogP contribution in [0.3, 0.4) is 0 Å². The van der Waals surface area contributed by atoms with E-state index < -0.39 is 0 Å². The second-order valence-electron chi connectivity index (χ2n) is 3.96. The molecule has 84 valence electrons. The maximum atomic E-state index is 5.46. The molecular weight excluding hydrogens is 218 g/mol. The lowest BCUT2D eigenvalue weighted by Gasteiger charge is -2.10. The molecule has 0 saturated carbocycles. The van der Waals surface area contributed by atoms with Crippen molar-refractivity contribution in [3.8, 4) is 16.3 Å². The first-order valence-electron chi connectivity index (χ1n) is 5.19. The number of nitrogens with zero attached hydrogens (tertiary/aromatic N) is 1. The summed E-state index contributed by atoms with van der Waals surface area (Å²) in [4.78, 5) is 4.51. The molecule has 0 radical (unpaired) electrons. The summed E-state index contributed by atoms with van der Waals surface area (Å²) in [6.07, 6.45) is 0. The Kier molecular flexibility index (Phi) is 2.97. The van der Waals surface area contributed by atoms with E-state index in [-0.39, 0.29) is 0 Å². The van der Waals surface area contributed by atoms with Crippen molar-refractivity contribution in [1.29, 1.82) is 0 Å². The highest BCUT2D eigenvalue weighted by molar-refractivity contribution is 7.13. The highest BCUT2D eigenvalue weighted by atomic mass is 32.1. The van der Waals surface area contributed by atoms with Crippen LogP contribution in [0.5, 0.6) is 5.75 Å². The van der Waals surface area contributed by atoms with Crippen LogP contribution in [-0.2, 0) is 0 Å². The second kappa shape index (κ2) is 4.26. The van der Waals surface area contributed by atoms with Gasteiger partial charge in [-0.05, 0) is 38.0 Å². The van der Waals surface area contributed by atoms with Gasteiger partial charge in [-0.15, -0.1) is 11.3 Å². The van der Waals surface area contributed by atoms with Crippen LogP contribution in [0.25, 0.3) is 10.6 Å². The molecule has 1 heterocycles. The van der Waals surface area contributed by atoms with Gasteiger partial charge in [0.15, 0.2) is 0 Å². The third-order valence-electron chi connectivity index (χ3n) is 2.47. The maximum absolute atomic E-state index is 5.46. The molecule has 2 nitrogen and oxygen atoms in total. The second-order valence-corrected chi connectivity index (χ2v) is 4.81. The quantitative estimate of drug-likeness (QED) is 0.788. The summed E-state index contributed by atoms with van der Waals surface area (Å²) in [7, 11) is 1.71. The molecule has 0 spiro atoms. The van der Waals surface area contributed by atoms with E-state index in [0.717, 1.165) is 27.6 Å². The predicted octanol–water partition coefficient (Wildman–Crippen LogP) is 3.74. The van der Waals surface area contributed by atoms with E-state index in [1.54, 1.807) is 18.4 Å². The van der Waals surface area contributed by atoms with Crippen LogP contribution in [0.1, 0.15) is 16.8 Å². The summed E-state index contributed by atoms with van der Waals surface area (Å²) < 4.78 is 5.46. The number of benzene rings is 1. The number of rotatable bonds is 2. The van der Waals surface area contributed by atoms with E-state index in [0.29, 0.717) is 0 Å². The number of aryl methyl sites for hydroxylation is 3. The van der Waals surface area contributed by atoms with E-state index in [9.17, 15) is 0 Å². The Balaban J connectivity index is 2.63. The number of hydrogen-bond donors (Lipinski definition) is 0. The lowest BCUT2D eigenvalue weighted by Crippen LogP contribution is -1.92. The van der Waals surface area contributed by atoms with Crippen molar-refractivity contribution >= 4 is 11.3 Å². The van der Waals surface area contributed by atoms with Gasteiger partial charge in [-0.2, -0.15) is 0 Å². The monoisotopic (exact) mass is 233 g/mol. The Labute approximate surface area is 99.9 Å². The molecule has 0 saturated heterocycles. The molecule has 0 amide bonds. The van der Waals surface area contributed by atoms with Crippen LogP contribution in [-0.4, -0.2) is 12.1 Å². The Morgan fingerprint density at radius 1 is 1.19 bits per heavy atom. The molecule has 0 aliphatic rings. The Morgan fingerprint density at radius 3 is 2.50 bits per heavy atom. The van der Waals surface area contributed by atoms with Crippen molar-refractivity contribution in [2.24, 2.45) is 0 Å². The number of hydrogen-bond acceptors (Lipinski definition) is 3. The lowest BCUT2D eigenvalue weighted by molar-refractivity contribution is 0.413. The van der Waals surface area contributed by atoms with Gasteiger partial charge >= 0.3 is 0 Å². The molecule has 0 atom stereocenters. The van der Waals surface area contributed by atoms with Gasteiger partial charge in [0, 0.05) is 11.1 Å². The minimum atomic E-state index is 0.931. The van der Waals surface area contributed by atoms with Crippen LogP contribution in [0.4, 0.5) is 0 Å². The van der Waals surface area contributed by atoms with Gasteiger partial charge in [0.2, 0.25) is 0 Å². The molecule has 16 heavy (non-hydrogen) atoms. The zero-order valence-corrected chi connectivity index (χ0v) is 10.8. The predicted molar refractivity (Wildman–Crippen MR) is 68.3 cm³/mol. The van der Waals surface area contributed by atoms with Gasteiger partial charge in [-0.3, -0.25) is 0 Å². The molecular formula is C13H15NOS. The van der Waals surface area contributed by atoms with Gasteiger partial charge in [0.25, 0.3) is 0 Å². The first kappa shape index (κ1) is 11.1. The summed E-state index contributed by atoms with van der Waals surface area (Å²) in [6.45, 7) is 6.17. The lowest BCUT2D eigenvalue weighted by atomic mass is 10.1. The third-order valence-corrected chi connectivity index (χ3v) is 3.47. The maximum Gasteiger partial charge on any atom is 0.132 e. The highest BCUT2D eigenvalue weighted by Gasteiger charge is 2.12. The summed E-state index contributed by atoms with van der Waals surface area (Å²) in [5.74, 6) is 0.931. The van der Waals surface area contributed by atoms with E-state index in [4.69, 9.17) is 4.74 Å². The SMILES string of the molecule is COc1c(C)cc(C)cc1-c1nc(C)cs1. The summed E-state index contributed by atoms with van der Waals surface area (Å²) in [5, 5.41) is 3.09. The Morgan fingerprint density at radius 2 is 1.94 bits per heavy atom. The van der Waals surface area contributed by atoms with Crippen molar-refractivity contribution < 1.29 is 4.74 Å². The fourth-order valence-electron chi connectivity index (χ4n) is 1.86. The van der Waals surface area contributed by atoms with E-state index >= 15 is 0 Å². The molecule has 0 unspecified atom stereocenters. The van der Waals surface area contributed by atoms with Crippen molar-refractivity contribution in [2.75, 3.05) is 7.11 Å². The molecule has 3 heteroatoms. The summed E-state index contributed by atoms with van der Waals surface area (Å²) >= 11 is 1.66. The fourth-order valence-corrected chi connectivity index (χ4v) is 2.67. The first-order valence-corrected chi connectivity index (χ1v) is 6.07. The van der Waals surface area contributed by atoms with Crippen LogP contribution >= 0.6 is 11.3 Å². The minimum Gasteiger partial charge on any atom is -0.496 e. The van der Waals surface area contributed by atoms with Gasteiger partial charge in [0.1, 0.15) is 10.8 Å². The minimum absolute atomic E-state index is 0.931. The van der Waals surface area contributed by atoms with E-state index in [1.165, 1.54) is 5.56 Å². The van der Waals surface area contributed by atoms with E-state index in [2.05, 4.69) is 36.3 Å². The molecule has 1 aromatic carbocycles. The number of thiazole rings is 1. The van der Waals surface area contributed by atoms with E-state index in [1.807, 2.05) is 6.92 Å². The van der Waals surface area contributed by atoms with Crippen LogP contribution in [0.2, 0.25) is 0 Å². The molecule has 1 aromatic heterocycles. The van der Waals surface area contributed by atoms with Crippen molar-refractivity contribution in [1.82, 2.24) is 4.98 Å². The van der Waals surface area contributed by atoms with Gasteiger partial charge < -0.3 is 4.74 Å². The smallest absolute Gasteiger partial charge is 0.132 e. The Hall–Kier alpha value is -1.35. The van der Waals surface area contributed by atoms with Crippen LogP contribution < -0.4 is 4.74 Å². The van der Waals surface area contributed by atoms with Crippen molar-refractivity contribution in [2.45, 2.75) is 20.8 Å². The molecule has 0 aliphatic carbocycles. The van der Waals surface area contributed by atoms with Crippen molar-refractivity contribution in [3.05, 3.63) is 34.3 Å². The highest BCUT2D eigenvalue weighted by Crippen LogP contribution is 2.35. The Bertz CT molecular complexity index is 517. The molecule has 0 aliphatic heterocycles. The number of methoxy groups -OCH3 is 1. The molecule has 0 fully saturated rings. The van der Waals surface area contributed by atoms with Gasteiger partial charge in [0.05, 0.1) is 12.7 Å². The summed E-state index contributed by atoms with van der Waals surface area (Å²) in [6, 6.07) is 4.26. The topological polar surface area (TPSA) is 22.1 Å². The fraction of sp³-hybridized carbons (Fsp3) is 0.308. The average Bonchev–Trinajstić information content (AvgIpc) is 2.63. The number of aromatic nitrogens is 1. The first-order chi connectivity index (χ1) is 7.61.